The van der Waals surface area contributed by atoms with Crippen LogP contribution in [-0.2, 0) is 5.41 Å². The van der Waals surface area contributed by atoms with Crippen LogP contribution in [0.3, 0.4) is 0 Å². The van der Waals surface area contributed by atoms with Gasteiger partial charge in [-0.2, -0.15) is 14.2 Å². The fourth-order valence-corrected chi connectivity index (χ4v) is 3.69. The van der Waals surface area contributed by atoms with Crippen molar-refractivity contribution in [1.82, 2.24) is 0 Å². The van der Waals surface area contributed by atoms with Crippen LogP contribution in [-0.4, -0.2) is 0 Å². The zero-order valence-corrected chi connectivity index (χ0v) is 14.9. The van der Waals surface area contributed by atoms with E-state index in [4.69, 9.17) is 0 Å². The number of hydrogen-bond acceptors (Lipinski definition) is 3. The summed E-state index contributed by atoms with van der Waals surface area (Å²) >= 11 is 0. The zero-order valence-electron chi connectivity index (χ0n) is 14.9. The Morgan fingerprint density at radius 3 is 1.86 bits per heavy atom. The van der Waals surface area contributed by atoms with E-state index in [-0.39, 0.29) is 0 Å². The normalized spacial score (nSPS) is 13.0. The van der Waals surface area contributed by atoms with Gasteiger partial charge in [-0.05, 0) is 23.3 Å². The van der Waals surface area contributed by atoms with Crippen LogP contribution in [0.4, 0.5) is 0 Å². The molecule has 0 fully saturated rings. The lowest BCUT2D eigenvalue weighted by atomic mass is 9.67. The molecule has 0 saturated heterocycles. The fraction of sp³-hybridized carbons (Fsp3) is 0.0455. The lowest BCUT2D eigenvalue weighted by Gasteiger charge is -2.32. The van der Waals surface area contributed by atoms with Crippen molar-refractivity contribution < 1.29 is 14.2 Å². The second-order valence-electron chi connectivity index (χ2n) is 6.43. The first-order valence-electron chi connectivity index (χ1n) is 8.75. The van der Waals surface area contributed by atoms with Crippen LogP contribution in [0.2, 0.25) is 0 Å². The van der Waals surface area contributed by atoms with E-state index in [9.17, 15) is 15.6 Å². The number of pyridine rings is 3. The second kappa shape index (κ2) is 7.00. The SMILES string of the molecule is [O-][n+]1ccc(C(c2ccccc2)(c2ccc[n+]([O-])c2)c2cccc[n+]2[O-])cc1. The van der Waals surface area contributed by atoms with Crippen molar-refractivity contribution in [1.29, 1.82) is 0 Å². The maximum atomic E-state index is 12.9. The number of benzene rings is 1. The van der Waals surface area contributed by atoms with E-state index in [1.54, 1.807) is 36.4 Å². The highest BCUT2D eigenvalue weighted by atomic mass is 16.5. The summed E-state index contributed by atoms with van der Waals surface area (Å²) in [4.78, 5) is 0. The zero-order chi connectivity index (χ0) is 19.6. The fourth-order valence-electron chi connectivity index (χ4n) is 3.69. The van der Waals surface area contributed by atoms with Crippen molar-refractivity contribution in [2.24, 2.45) is 0 Å². The summed E-state index contributed by atoms with van der Waals surface area (Å²) in [5, 5.41) is 36.7. The van der Waals surface area contributed by atoms with Crippen LogP contribution in [0.25, 0.3) is 0 Å². The Hall–Kier alpha value is -3.93. The topological polar surface area (TPSA) is 80.8 Å². The molecule has 3 aromatic heterocycles. The third kappa shape index (κ3) is 2.81. The highest BCUT2D eigenvalue weighted by Crippen LogP contribution is 2.42. The molecule has 6 heteroatoms. The Balaban J connectivity index is 2.17. The molecule has 6 nitrogen and oxygen atoms in total. The van der Waals surface area contributed by atoms with E-state index in [1.165, 1.54) is 31.0 Å². The first-order valence-corrected chi connectivity index (χ1v) is 8.75. The minimum atomic E-state index is -1.08. The monoisotopic (exact) mass is 371 g/mol. The average molecular weight is 371 g/mol. The maximum Gasteiger partial charge on any atom is 0.212 e. The molecule has 0 aliphatic heterocycles. The first-order chi connectivity index (χ1) is 13.6. The number of hydrogen-bond donors (Lipinski definition) is 0. The van der Waals surface area contributed by atoms with Gasteiger partial charge in [-0.15, -0.1) is 0 Å². The number of rotatable bonds is 4. The van der Waals surface area contributed by atoms with Crippen LogP contribution in [0.5, 0.6) is 0 Å². The minimum Gasteiger partial charge on any atom is -0.619 e. The Labute approximate surface area is 162 Å². The predicted octanol–water partition coefficient (Wildman–Crippen LogP) is 1.97. The molecule has 1 aromatic carbocycles. The van der Waals surface area contributed by atoms with Crippen LogP contribution in [0.15, 0.2) is 104 Å². The standard InChI is InChI=1S/C22H17N3O3/c26-23-15-11-19(12-16-23)22(18-7-2-1-3-8-18,20-9-6-13-24(27)17-20)21-10-4-5-14-25(21)28/h1-17H. The van der Waals surface area contributed by atoms with Gasteiger partial charge < -0.3 is 15.6 Å². The van der Waals surface area contributed by atoms with Gasteiger partial charge >= 0.3 is 0 Å². The Morgan fingerprint density at radius 1 is 0.536 bits per heavy atom. The molecule has 0 saturated carbocycles. The molecule has 0 amide bonds. The molecule has 4 rings (SSSR count). The Morgan fingerprint density at radius 2 is 1.18 bits per heavy atom. The summed E-state index contributed by atoms with van der Waals surface area (Å²) in [6.45, 7) is 0. The molecule has 28 heavy (non-hydrogen) atoms. The molecule has 0 radical (unpaired) electrons. The molecule has 0 N–H and O–H groups in total. The minimum absolute atomic E-state index is 0.427. The Bertz CT molecular complexity index is 1100. The van der Waals surface area contributed by atoms with Gasteiger partial charge in [0.05, 0.1) is 0 Å². The molecule has 0 spiro atoms. The molecule has 4 aromatic rings. The van der Waals surface area contributed by atoms with Crippen molar-refractivity contribution in [3.63, 3.8) is 0 Å². The van der Waals surface area contributed by atoms with Crippen molar-refractivity contribution in [3.05, 3.63) is 142 Å². The van der Waals surface area contributed by atoms with Crippen molar-refractivity contribution in [3.8, 4) is 0 Å². The lowest BCUT2D eigenvalue weighted by Crippen LogP contribution is -2.45. The van der Waals surface area contributed by atoms with Gasteiger partial charge in [0.2, 0.25) is 5.69 Å². The van der Waals surface area contributed by atoms with Crippen LogP contribution >= 0.6 is 0 Å². The second-order valence-corrected chi connectivity index (χ2v) is 6.43. The summed E-state index contributed by atoms with van der Waals surface area (Å²) in [7, 11) is 0. The van der Waals surface area contributed by atoms with E-state index in [0.29, 0.717) is 26.3 Å². The molecular weight excluding hydrogens is 354 g/mol. The lowest BCUT2D eigenvalue weighted by molar-refractivity contribution is -0.617. The third-order valence-electron chi connectivity index (χ3n) is 4.86. The van der Waals surface area contributed by atoms with E-state index >= 15 is 0 Å². The summed E-state index contributed by atoms with van der Waals surface area (Å²) in [6, 6.07) is 21.5. The largest absolute Gasteiger partial charge is 0.619 e. The first kappa shape index (κ1) is 17.5. The van der Waals surface area contributed by atoms with Gasteiger partial charge in [-0.1, -0.05) is 30.3 Å². The molecule has 1 atom stereocenters. The summed E-state index contributed by atoms with van der Waals surface area (Å²) in [5.74, 6) is 0. The van der Waals surface area contributed by atoms with Crippen LogP contribution in [0, 0.1) is 15.6 Å². The number of aromatic nitrogens is 3. The molecule has 0 aliphatic carbocycles. The van der Waals surface area contributed by atoms with Gasteiger partial charge in [-0.25, -0.2) is 0 Å². The quantitative estimate of drug-likeness (QED) is 0.406. The molecule has 3 heterocycles. The van der Waals surface area contributed by atoms with Crippen LogP contribution < -0.4 is 14.2 Å². The van der Waals surface area contributed by atoms with E-state index in [0.717, 1.165) is 10.3 Å². The van der Waals surface area contributed by atoms with Gasteiger partial charge in [0.25, 0.3) is 0 Å². The van der Waals surface area contributed by atoms with Gasteiger partial charge in [-0.3, -0.25) is 0 Å². The van der Waals surface area contributed by atoms with Crippen LogP contribution in [0.1, 0.15) is 22.4 Å². The molecule has 1 unspecified atom stereocenters. The summed E-state index contributed by atoms with van der Waals surface area (Å²) in [5.41, 5.74) is 1.48. The average Bonchev–Trinajstić information content (AvgIpc) is 2.72. The summed E-state index contributed by atoms with van der Waals surface area (Å²) < 4.78 is 2.20. The highest BCUT2D eigenvalue weighted by Gasteiger charge is 2.46. The van der Waals surface area contributed by atoms with Crippen molar-refractivity contribution >= 4 is 0 Å². The van der Waals surface area contributed by atoms with Gasteiger partial charge in [0.1, 0.15) is 5.41 Å². The van der Waals surface area contributed by atoms with E-state index < -0.39 is 5.41 Å². The molecule has 0 bridgehead atoms. The summed E-state index contributed by atoms with van der Waals surface area (Å²) in [6.07, 6.45) is 7.06. The van der Waals surface area contributed by atoms with Gasteiger partial charge in [0, 0.05) is 35.9 Å². The maximum absolute atomic E-state index is 12.9. The van der Waals surface area contributed by atoms with Crippen molar-refractivity contribution in [2.45, 2.75) is 5.41 Å². The smallest absolute Gasteiger partial charge is 0.212 e. The predicted molar refractivity (Wildman–Crippen MR) is 102 cm³/mol. The Kier molecular flexibility index (Phi) is 4.37. The highest BCUT2D eigenvalue weighted by molar-refractivity contribution is 5.55. The van der Waals surface area contributed by atoms with E-state index in [2.05, 4.69) is 0 Å². The molecule has 138 valence electrons. The third-order valence-corrected chi connectivity index (χ3v) is 4.86. The molecular formula is C22H17N3O3. The number of nitrogens with zero attached hydrogens (tertiary/aromatic N) is 3. The van der Waals surface area contributed by atoms with E-state index in [1.807, 2.05) is 36.4 Å². The molecule has 0 aliphatic rings. The van der Waals surface area contributed by atoms with Gasteiger partial charge in [0.15, 0.2) is 31.0 Å². The van der Waals surface area contributed by atoms with Crippen molar-refractivity contribution in [2.75, 3.05) is 0 Å².